The van der Waals surface area contributed by atoms with E-state index in [0.717, 1.165) is 6.07 Å². The smallest absolute Gasteiger partial charge is 0.241 e. The van der Waals surface area contributed by atoms with E-state index in [1.165, 1.54) is 25.3 Å². The van der Waals surface area contributed by atoms with Crippen molar-refractivity contribution in [2.45, 2.75) is 22.8 Å². The first-order valence-corrected chi connectivity index (χ1v) is 9.96. The second kappa shape index (κ2) is 6.89. The molecule has 0 aliphatic heterocycles. The summed E-state index contributed by atoms with van der Waals surface area (Å²) in [6.45, 7) is 1.67. The summed E-state index contributed by atoms with van der Waals surface area (Å²) in [5, 5.41) is 5.04. The highest BCUT2D eigenvalue weighted by atomic mass is 32.2. The molecule has 0 aliphatic carbocycles. The molecule has 24 heavy (non-hydrogen) atoms. The first kappa shape index (κ1) is 18.4. The summed E-state index contributed by atoms with van der Waals surface area (Å²) < 4.78 is 55.5. The number of ether oxygens (including phenoxy) is 1. The van der Waals surface area contributed by atoms with Crippen LogP contribution in [0.3, 0.4) is 0 Å². The number of sulfonamides is 2. The molecule has 0 aliphatic rings. The van der Waals surface area contributed by atoms with Gasteiger partial charge in [-0.1, -0.05) is 24.3 Å². The predicted molar refractivity (Wildman–Crippen MR) is 89.5 cm³/mol. The van der Waals surface area contributed by atoms with Crippen molar-refractivity contribution in [2.24, 2.45) is 5.14 Å². The molecule has 0 aromatic heterocycles. The van der Waals surface area contributed by atoms with Crippen molar-refractivity contribution in [1.82, 2.24) is 4.72 Å². The average Bonchev–Trinajstić information content (AvgIpc) is 2.53. The van der Waals surface area contributed by atoms with Crippen LogP contribution in [0.2, 0.25) is 0 Å². The van der Waals surface area contributed by atoms with Gasteiger partial charge in [-0.25, -0.2) is 26.7 Å². The number of primary sulfonamides is 1. The highest BCUT2D eigenvalue weighted by molar-refractivity contribution is 7.90. The summed E-state index contributed by atoms with van der Waals surface area (Å²) in [5.74, 6) is 0.547. The third-order valence-corrected chi connectivity index (χ3v) is 5.83. The number of para-hydroxylation sites is 1. The number of nitrogens with two attached hydrogens (primary N) is 1. The Morgan fingerprint density at radius 3 is 2.25 bits per heavy atom. The Morgan fingerprint density at radius 1 is 1.00 bits per heavy atom. The van der Waals surface area contributed by atoms with Crippen LogP contribution < -0.4 is 14.6 Å². The number of methoxy groups -OCH3 is 1. The van der Waals surface area contributed by atoms with E-state index < -0.39 is 26.1 Å². The van der Waals surface area contributed by atoms with Crippen LogP contribution in [0, 0.1) is 0 Å². The minimum absolute atomic E-state index is 0.184. The van der Waals surface area contributed by atoms with Crippen LogP contribution in [0.1, 0.15) is 18.5 Å². The molecule has 0 spiro atoms. The lowest BCUT2D eigenvalue weighted by molar-refractivity contribution is 0.405. The molecule has 9 heteroatoms. The molecule has 130 valence electrons. The largest absolute Gasteiger partial charge is 0.496 e. The maximum absolute atomic E-state index is 12.5. The van der Waals surface area contributed by atoms with Crippen molar-refractivity contribution in [2.75, 3.05) is 7.11 Å². The molecule has 0 radical (unpaired) electrons. The molecule has 0 saturated heterocycles. The van der Waals surface area contributed by atoms with E-state index in [-0.39, 0.29) is 9.79 Å². The Balaban J connectivity index is 2.35. The van der Waals surface area contributed by atoms with Crippen molar-refractivity contribution in [3.63, 3.8) is 0 Å². The zero-order valence-electron chi connectivity index (χ0n) is 13.1. The molecule has 0 bridgehead atoms. The normalized spacial score (nSPS) is 13.5. The molecular formula is C15H18N2O5S2. The lowest BCUT2D eigenvalue weighted by Crippen LogP contribution is -2.27. The van der Waals surface area contributed by atoms with Crippen LogP contribution in [0.25, 0.3) is 0 Å². The van der Waals surface area contributed by atoms with Crippen LogP contribution in [0.5, 0.6) is 5.75 Å². The molecule has 0 unspecified atom stereocenters. The summed E-state index contributed by atoms with van der Waals surface area (Å²) in [6, 6.07) is 11.3. The van der Waals surface area contributed by atoms with Gasteiger partial charge in [0.15, 0.2) is 0 Å². The van der Waals surface area contributed by atoms with E-state index in [1.54, 1.807) is 31.2 Å². The van der Waals surface area contributed by atoms with E-state index in [9.17, 15) is 16.8 Å². The molecule has 2 aromatic rings. The predicted octanol–water partition coefficient (Wildman–Crippen LogP) is 1.38. The van der Waals surface area contributed by atoms with Gasteiger partial charge < -0.3 is 4.74 Å². The Bertz CT molecular complexity index is 940. The quantitative estimate of drug-likeness (QED) is 0.797. The molecule has 0 fully saturated rings. The summed E-state index contributed by atoms with van der Waals surface area (Å²) in [7, 11) is -6.43. The van der Waals surface area contributed by atoms with Crippen molar-refractivity contribution in [1.29, 1.82) is 0 Å². The molecule has 0 saturated carbocycles. The summed E-state index contributed by atoms with van der Waals surface area (Å²) in [5.41, 5.74) is 0.658. The fourth-order valence-corrected chi connectivity index (χ4v) is 4.11. The van der Waals surface area contributed by atoms with Crippen LogP contribution in [-0.4, -0.2) is 23.9 Å². The summed E-state index contributed by atoms with van der Waals surface area (Å²) >= 11 is 0. The third-order valence-electron chi connectivity index (χ3n) is 3.38. The number of hydrogen-bond donors (Lipinski definition) is 2. The van der Waals surface area contributed by atoms with E-state index in [4.69, 9.17) is 9.88 Å². The second-order valence-electron chi connectivity index (χ2n) is 5.10. The van der Waals surface area contributed by atoms with Crippen LogP contribution in [-0.2, 0) is 20.0 Å². The van der Waals surface area contributed by atoms with Gasteiger partial charge in [-0.15, -0.1) is 0 Å². The number of rotatable bonds is 6. The molecule has 0 heterocycles. The maximum atomic E-state index is 12.5. The van der Waals surface area contributed by atoms with Gasteiger partial charge in [-0.05, 0) is 31.2 Å². The highest BCUT2D eigenvalue weighted by Gasteiger charge is 2.22. The summed E-state index contributed by atoms with van der Waals surface area (Å²) in [6.07, 6.45) is 0. The Kier molecular flexibility index (Phi) is 5.29. The van der Waals surface area contributed by atoms with Crippen LogP contribution >= 0.6 is 0 Å². The first-order valence-electron chi connectivity index (χ1n) is 6.93. The third kappa shape index (κ3) is 4.12. The second-order valence-corrected chi connectivity index (χ2v) is 8.38. The van der Waals surface area contributed by atoms with Crippen molar-refractivity contribution < 1.29 is 21.6 Å². The Morgan fingerprint density at radius 2 is 1.62 bits per heavy atom. The molecule has 2 aromatic carbocycles. The highest BCUT2D eigenvalue weighted by Crippen LogP contribution is 2.26. The van der Waals surface area contributed by atoms with Crippen LogP contribution in [0.4, 0.5) is 0 Å². The SMILES string of the molecule is COc1ccccc1[C@@H](C)NS(=O)(=O)c1cccc(S(N)(=O)=O)c1. The number of hydrogen-bond acceptors (Lipinski definition) is 5. The van der Waals surface area contributed by atoms with Gasteiger partial charge in [0.05, 0.1) is 16.9 Å². The molecule has 2 rings (SSSR count). The minimum Gasteiger partial charge on any atom is -0.496 e. The van der Waals surface area contributed by atoms with E-state index in [2.05, 4.69) is 4.72 Å². The van der Waals surface area contributed by atoms with Gasteiger partial charge in [0, 0.05) is 11.6 Å². The van der Waals surface area contributed by atoms with Crippen molar-refractivity contribution in [3.8, 4) is 5.75 Å². The number of benzene rings is 2. The summed E-state index contributed by atoms with van der Waals surface area (Å²) in [4.78, 5) is -0.453. The van der Waals surface area contributed by atoms with Crippen molar-refractivity contribution >= 4 is 20.0 Å². The molecule has 0 amide bonds. The zero-order chi connectivity index (χ0) is 18.0. The lowest BCUT2D eigenvalue weighted by Gasteiger charge is -2.17. The Labute approximate surface area is 141 Å². The maximum Gasteiger partial charge on any atom is 0.241 e. The van der Waals surface area contributed by atoms with Crippen LogP contribution in [0.15, 0.2) is 58.3 Å². The monoisotopic (exact) mass is 370 g/mol. The topological polar surface area (TPSA) is 116 Å². The van der Waals surface area contributed by atoms with E-state index >= 15 is 0 Å². The first-order chi connectivity index (χ1) is 11.1. The standard InChI is InChI=1S/C15H18N2O5S2/c1-11(14-8-3-4-9-15(14)22-2)17-24(20,21)13-7-5-6-12(10-13)23(16,18)19/h3-11,17H,1-2H3,(H2,16,18,19)/t11-/m1/s1. The van der Waals surface area contributed by atoms with Crippen molar-refractivity contribution in [3.05, 3.63) is 54.1 Å². The van der Waals surface area contributed by atoms with Gasteiger partial charge in [0.25, 0.3) is 0 Å². The molecule has 1 atom stereocenters. The van der Waals surface area contributed by atoms with E-state index in [1.807, 2.05) is 0 Å². The van der Waals surface area contributed by atoms with Gasteiger partial charge in [0.2, 0.25) is 20.0 Å². The lowest BCUT2D eigenvalue weighted by atomic mass is 10.1. The molecule has 3 N–H and O–H groups in total. The van der Waals surface area contributed by atoms with Gasteiger partial charge in [0.1, 0.15) is 5.75 Å². The molecular weight excluding hydrogens is 352 g/mol. The zero-order valence-corrected chi connectivity index (χ0v) is 14.8. The van der Waals surface area contributed by atoms with Gasteiger partial charge in [-0.2, -0.15) is 0 Å². The van der Waals surface area contributed by atoms with Gasteiger partial charge >= 0.3 is 0 Å². The molecule has 7 nitrogen and oxygen atoms in total. The number of nitrogens with one attached hydrogen (secondary N) is 1. The van der Waals surface area contributed by atoms with Gasteiger partial charge in [-0.3, -0.25) is 0 Å². The fourth-order valence-electron chi connectivity index (χ4n) is 2.21. The van der Waals surface area contributed by atoms with E-state index in [0.29, 0.717) is 11.3 Å². The minimum atomic E-state index is -3.99. The Hall–Kier alpha value is -1.94. The average molecular weight is 370 g/mol. The fraction of sp³-hybridized carbons (Fsp3) is 0.200.